The normalized spacial score (nSPS) is 20.2. The highest BCUT2D eigenvalue weighted by Crippen LogP contribution is 2.30. The fourth-order valence-electron chi connectivity index (χ4n) is 2.81. The van der Waals surface area contributed by atoms with Crippen LogP contribution in [0.25, 0.3) is 0 Å². The van der Waals surface area contributed by atoms with Gasteiger partial charge in [-0.3, -0.25) is 29.4 Å². The number of nitrogens with one attached hydrogen (secondary N) is 2. The first-order chi connectivity index (χ1) is 11.5. The van der Waals surface area contributed by atoms with Gasteiger partial charge in [0, 0.05) is 13.0 Å². The van der Waals surface area contributed by atoms with Gasteiger partial charge in [0.15, 0.2) is 0 Å². The smallest absolute Gasteiger partial charge is 0.262 e. The quantitative estimate of drug-likeness (QED) is 0.566. The molecular formula is C16H17N3O5. The predicted octanol–water partition coefficient (Wildman–Crippen LogP) is -0.314. The van der Waals surface area contributed by atoms with Crippen molar-refractivity contribution >= 4 is 23.6 Å². The average molecular weight is 331 g/mol. The van der Waals surface area contributed by atoms with Crippen LogP contribution in [0.3, 0.4) is 0 Å². The third-order valence-electron chi connectivity index (χ3n) is 4.03. The minimum absolute atomic E-state index is 0.0994. The molecule has 4 amide bonds. The molecule has 24 heavy (non-hydrogen) atoms. The summed E-state index contributed by atoms with van der Waals surface area (Å²) >= 11 is 0. The second-order valence-electron chi connectivity index (χ2n) is 5.61. The Balaban J connectivity index is 1.83. The van der Waals surface area contributed by atoms with Crippen LogP contribution in [0.5, 0.6) is 5.75 Å². The molecule has 2 N–H and O–H groups in total. The Morgan fingerprint density at radius 2 is 1.96 bits per heavy atom. The fraction of sp³-hybridized carbons (Fsp3) is 0.375. The Labute approximate surface area is 138 Å². The largest absolute Gasteiger partial charge is 0.492 e. The molecule has 0 radical (unpaired) electrons. The molecule has 2 aliphatic heterocycles. The molecule has 1 atom stereocenters. The van der Waals surface area contributed by atoms with Crippen molar-refractivity contribution in [1.82, 2.24) is 15.5 Å². The number of carbonyl (C=O) groups is 4. The number of likely N-dealkylation sites (N-methyl/N-ethyl adjacent to an activating group) is 1. The monoisotopic (exact) mass is 331 g/mol. The van der Waals surface area contributed by atoms with Crippen LogP contribution in [0.15, 0.2) is 18.2 Å². The number of hydrogen-bond donors (Lipinski definition) is 2. The van der Waals surface area contributed by atoms with Gasteiger partial charge in [-0.25, -0.2) is 0 Å². The second kappa shape index (κ2) is 6.40. The number of hydrogen-bond acceptors (Lipinski definition) is 6. The van der Waals surface area contributed by atoms with Crippen molar-refractivity contribution in [3.63, 3.8) is 0 Å². The molecule has 8 heteroatoms. The minimum Gasteiger partial charge on any atom is -0.492 e. The van der Waals surface area contributed by atoms with Gasteiger partial charge in [0.1, 0.15) is 18.4 Å². The third-order valence-corrected chi connectivity index (χ3v) is 4.03. The van der Waals surface area contributed by atoms with E-state index in [1.54, 1.807) is 13.1 Å². The minimum atomic E-state index is -0.955. The van der Waals surface area contributed by atoms with E-state index < -0.39 is 29.7 Å². The first-order valence-electron chi connectivity index (χ1n) is 7.66. The summed E-state index contributed by atoms with van der Waals surface area (Å²) in [4.78, 5) is 49.2. The van der Waals surface area contributed by atoms with Crippen molar-refractivity contribution in [2.45, 2.75) is 18.9 Å². The van der Waals surface area contributed by atoms with Gasteiger partial charge in [-0.2, -0.15) is 0 Å². The standard InChI is InChI=1S/C16H17N3O5/c1-17-6-7-24-9-2-3-10-11(8-9)16(23)19(15(10)22)12-4-5-13(20)18-14(12)21/h2-3,8,12,17H,4-7H2,1H3,(H,18,20,21). The fourth-order valence-corrected chi connectivity index (χ4v) is 2.81. The van der Waals surface area contributed by atoms with Crippen LogP contribution in [0.1, 0.15) is 33.6 Å². The van der Waals surface area contributed by atoms with Crippen molar-refractivity contribution < 1.29 is 23.9 Å². The molecule has 2 heterocycles. The molecule has 8 nitrogen and oxygen atoms in total. The Hall–Kier alpha value is -2.74. The highest BCUT2D eigenvalue weighted by Gasteiger charge is 2.44. The van der Waals surface area contributed by atoms with Crippen molar-refractivity contribution in [1.29, 1.82) is 0 Å². The lowest BCUT2D eigenvalue weighted by molar-refractivity contribution is -0.136. The van der Waals surface area contributed by atoms with Gasteiger partial charge in [-0.15, -0.1) is 0 Å². The Kier molecular flexibility index (Phi) is 4.30. The van der Waals surface area contributed by atoms with E-state index in [1.165, 1.54) is 12.1 Å². The van der Waals surface area contributed by atoms with E-state index in [9.17, 15) is 19.2 Å². The van der Waals surface area contributed by atoms with E-state index in [1.807, 2.05) is 0 Å². The molecule has 1 unspecified atom stereocenters. The van der Waals surface area contributed by atoms with Crippen LogP contribution in [0.2, 0.25) is 0 Å². The molecule has 2 aliphatic rings. The maximum absolute atomic E-state index is 12.6. The topological polar surface area (TPSA) is 105 Å². The number of piperidine rings is 1. The summed E-state index contributed by atoms with van der Waals surface area (Å²) in [5.41, 5.74) is 0.456. The highest BCUT2D eigenvalue weighted by molar-refractivity contribution is 6.23. The SMILES string of the molecule is CNCCOc1ccc2c(c1)C(=O)N(C1CCC(=O)NC1=O)C2=O. The first-order valence-corrected chi connectivity index (χ1v) is 7.66. The zero-order valence-electron chi connectivity index (χ0n) is 13.1. The number of nitrogens with zero attached hydrogens (tertiary/aromatic N) is 1. The number of fused-ring (bicyclic) bond motifs is 1. The van der Waals surface area contributed by atoms with E-state index in [0.717, 1.165) is 4.90 Å². The molecular weight excluding hydrogens is 314 g/mol. The molecule has 0 spiro atoms. The Morgan fingerprint density at radius 1 is 1.21 bits per heavy atom. The number of imide groups is 2. The van der Waals surface area contributed by atoms with Crippen LogP contribution in [0.4, 0.5) is 0 Å². The van der Waals surface area contributed by atoms with Gasteiger partial charge >= 0.3 is 0 Å². The van der Waals surface area contributed by atoms with Gasteiger partial charge in [-0.05, 0) is 31.7 Å². The lowest BCUT2D eigenvalue weighted by Crippen LogP contribution is -2.54. The number of amides is 4. The molecule has 1 fully saturated rings. The van der Waals surface area contributed by atoms with Crippen LogP contribution in [0, 0.1) is 0 Å². The average Bonchev–Trinajstić information content (AvgIpc) is 2.80. The van der Waals surface area contributed by atoms with Crippen molar-refractivity contribution in [3.05, 3.63) is 29.3 Å². The van der Waals surface area contributed by atoms with Crippen molar-refractivity contribution in [2.24, 2.45) is 0 Å². The Bertz CT molecular complexity index is 730. The van der Waals surface area contributed by atoms with E-state index >= 15 is 0 Å². The van der Waals surface area contributed by atoms with E-state index in [0.29, 0.717) is 18.9 Å². The second-order valence-corrected chi connectivity index (χ2v) is 5.61. The maximum Gasteiger partial charge on any atom is 0.262 e. The molecule has 0 saturated carbocycles. The van der Waals surface area contributed by atoms with Gasteiger partial charge in [0.05, 0.1) is 11.1 Å². The van der Waals surface area contributed by atoms with Crippen LogP contribution in [-0.2, 0) is 9.59 Å². The van der Waals surface area contributed by atoms with Crippen LogP contribution < -0.4 is 15.4 Å². The van der Waals surface area contributed by atoms with E-state index in [4.69, 9.17) is 4.74 Å². The van der Waals surface area contributed by atoms with Gasteiger partial charge < -0.3 is 10.1 Å². The molecule has 0 bridgehead atoms. The Morgan fingerprint density at radius 3 is 2.67 bits per heavy atom. The molecule has 1 aromatic rings. The third kappa shape index (κ3) is 2.76. The summed E-state index contributed by atoms with van der Waals surface area (Å²) in [6.07, 6.45) is 0.240. The molecule has 0 aromatic heterocycles. The lowest BCUT2D eigenvalue weighted by atomic mass is 10.0. The van der Waals surface area contributed by atoms with Gasteiger partial charge in [-0.1, -0.05) is 0 Å². The number of ether oxygens (including phenoxy) is 1. The van der Waals surface area contributed by atoms with Crippen molar-refractivity contribution in [2.75, 3.05) is 20.2 Å². The van der Waals surface area contributed by atoms with Gasteiger partial charge in [0.2, 0.25) is 11.8 Å². The van der Waals surface area contributed by atoms with Gasteiger partial charge in [0.25, 0.3) is 11.8 Å². The lowest BCUT2D eigenvalue weighted by Gasteiger charge is -2.27. The predicted molar refractivity (Wildman–Crippen MR) is 82.5 cm³/mol. The summed E-state index contributed by atoms with van der Waals surface area (Å²) < 4.78 is 5.50. The van der Waals surface area contributed by atoms with E-state index in [2.05, 4.69) is 10.6 Å². The zero-order valence-corrected chi connectivity index (χ0v) is 13.1. The molecule has 0 aliphatic carbocycles. The summed E-state index contributed by atoms with van der Waals surface area (Å²) in [5.74, 6) is -1.59. The summed E-state index contributed by atoms with van der Waals surface area (Å²) in [7, 11) is 1.80. The molecule has 1 saturated heterocycles. The molecule has 1 aromatic carbocycles. The highest BCUT2D eigenvalue weighted by atomic mass is 16.5. The van der Waals surface area contributed by atoms with Crippen molar-refractivity contribution in [3.8, 4) is 5.75 Å². The van der Waals surface area contributed by atoms with Crippen LogP contribution >= 0.6 is 0 Å². The molecule has 126 valence electrons. The van der Waals surface area contributed by atoms with E-state index in [-0.39, 0.29) is 24.0 Å². The number of rotatable bonds is 5. The van der Waals surface area contributed by atoms with Crippen LogP contribution in [-0.4, -0.2) is 54.8 Å². The molecule has 3 rings (SSSR count). The maximum atomic E-state index is 12.6. The number of benzene rings is 1. The summed E-state index contributed by atoms with van der Waals surface area (Å²) in [6, 6.07) is 3.70. The first kappa shape index (κ1) is 16.1. The zero-order chi connectivity index (χ0) is 17.3. The summed E-state index contributed by atoms with van der Waals surface area (Å²) in [6.45, 7) is 1.07. The number of carbonyl (C=O) groups excluding carboxylic acids is 4. The summed E-state index contributed by atoms with van der Waals surface area (Å²) in [5, 5.41) is 5.10.